The SMILES string of the molecule is Cc1cccc(OCC(=O)NC(C(=O)O)c2ccc3c(c2)CCO3)c1. The Bertz CT molecular complexity index is 802. The highest BCUT2D eigenvalue weighted by Crippen LogP contribution is 2.28. The van der Waals surface area contributed by atoms with Crippen LogP contribution in [0.5, 0.6) is 11.5 Å². The molecule has 6 heteroatoms. The van der Waals surface area contributed by atoms with Crippen LogP contribution in [-0.4, -0.2) is 30.2 Å². The molecule has 6 nitrogen and oxygen atoms in total. The molecule has 0 aliphatic carbocycles. The summed E-state index contributed by atoms with van der Waals surface area (Å²) in [5.41, 5.74) is 2.48. The number of carbonyl (C=O) groups excluding carboxylic acids is 1. The summed E-state index contributed by atoms with van der Waals surface area (Å²) in [5, 5.41) is 12.0. The first-order chi connectivity index (χ1) is 12.0. The lowest BCUT2D eigenvalue weighted by molar-refractivity contribution is -0.142. The second-order valence-electron chi connectivity index (χ2n) is 5.91. The zero-order valence-electron chi connectivity index (χ0n) is 13.8. The molecule has 0 bridgehead atoms. The summed E-state index contributed by atoms with van der Waals surface area (Å²) >= 11 is 0. The minimum absolute atomic E-state index is 0.249. The number of carbonyl (C=O) groups is 2. The molecule has 130 valence electrons. The summed E-state index contributed by atoms with van der Waals surface area (Å²) in [6.45, 7) is 2.26. The fraction of sp³-hybridized carbons (Fsp3) is 0.263. The molecule has 1 heterocycles. The van der Waals surface area contributed by atoms with Gasteiger partial charge in [-0.3, -0.25) is 4.79 Å². The normalized spacial score (nSPS) is 13.5. The Morgan fingerprint density at radius 1 is 1.28 bits per heavy atom. The van der Waals surface area contributed by atoms with Gasteiger partial charge < -0.3 is 19.9 Å². The predicted octanol–water partition coefficient (Wildman–Crippen LogP) is 2.25. The number of carboxylic acid groups (broad SMARTS) is 1. The maximum Gasteiger partial charge on any atom is 0.330 e. The Kier molecular flexibility index (Phi) is 4.88. The summed E-state index contributed by atoms with van der Waals surface area (Å²) < 4.78 is 10.8. The van der Waals surface area contributed by atoms with Crippen molar-refractivity contribution in [2.45, 2.75) is 19.4 Å². The van der Waals surface area contributed by atoms with E-state index in [2.05, 4.69) is 5.32 Å². The molecule has 0 spiro atoms. The lowest BCUT2D eigenvalue weighted by Crippen LogP contribution is -2.36. The number of benzene rings is 2. The quantitative estimate of drug-likeness (QED) is 0.842. The average Bonchev–Trinajstić information content (AvgIpc) is 3.05. The van der Waals surface area contributed by atoms with Gasteiger partial charge in [-0.1, -0.05) is 18.2 Å². The molecule has 2 aromatic carbocycles. The van der Waals surface area contributed by atoms with Crippen LogP contribution in [0.4, 0.5) is 0 Å². The zero-order chi connectivity index (χ0) is 17.8. The van der Waals surface area contributed by atoms with Crippen molar-refractivity contribution in [3.63, 3.8) is 0 Å². The third-order valence-electron chi connectivity index (χ3n) is 3.96. The van der Waals surface area contributed by atoms with Gasteiger partial charge in [0.2, 0.25) is 0 Å². The van der Waals surface area contributed by atoms with Crippen LogP contribution < -0.4 is 14.8 Å². The molecule has 1 unspecified atom stereocenters. The summed E-state index contributed by atoms with van der Waals surface area (Å²) in [5.74, 6) is -0.285. The molecule has 0 fully saturated rings. The molecule has 25 heavy (non-hydrogen) atoms. The summed E-state index contributed by atoms with van der Waals surface area (Å²) in [7, 11) is 0. The summed E-state index contributed by atoms with van der Waals surface area (Å²) in [4.78, 5) is 23.7. The zero-order valence-corrected chi connectivity index (χ0v) is 13.8. The number of nitrogens with one attached hydrogen (secondary N) is 1. The highest BCUT2D eigenvalue weighted by atomic mass is 16.5. The van der Waals surface area contributed by atoms with Crippen LogP contribution in [-0.2, 0) is 16.0 Å². The van der Waals surface area contributed by atoms with E-state index in [4.69, 9.17) is 9.47 Å². The van der Waals surface area contributed by atoms with E-state index in [0.717, 1.165) is 23.3 Å². The minimum atomic E-state index is -1.13. The van der Waals surface area contributed by atoms with E-state index >= 15 is 0 Å². The monoisotopic (exact) mass is 341 g/mol. The Balaban J connectivity index is 1.65. The molecule has 0 saturated heterocycles. The molecule has 2 aromatic rings. The van der Waals surface area contributed by atoms with Crippen molar-refractivity contribution in [2.75, 3.05) is 13.2 Å². The molecule has 1 aliphatic rings. The maximum atomic E-state index is 12.1. The largest absolute Gasteiger partial charge is 0.493 e. The first kappa shape index (κ1) is 16.8. The molecule has 2 N–H and O–H groups in total. The molecular formula is C19H19NO5. The van der Waals surface area contributed by atoms with Crippen molar-refractivity contribution in [3.8, 4) is 11.5 Å². The Morgan fingerprint density at radius 3 is 2.88 bits per heavy atom. The number of aryl methyl sites for hydroxylation is 1. The average molecular weight is 341 g/mol. The lowest BCUT2D eigenvalue weighted by atomic mass is 10.0. The number of rotatable bonds is 6. The van der Waals surface area contributed by atoms with E-state index in [-0.39, 0.29) is 6.61 Å². The third-order valence-corrected chi connectivity index (χ3v) is 3.96. The van der Waals surface area contributed by atoms with Gasteiger partial charge in [-0.2, -0.15) is 0 Å². The van der Waals surface area contributed by atoms with Crippen molar-refractivity contribution >= 4 is 11.9 Å². The molecule has 3 rings (SSSR count). The summed E-state index contributed by atoms with van der Waals surface area (Å²) in [6.07, 6.45) is 0.736. The van der Waals surface area contributed by atoms with Crippen molar-refractivity contribution in [3.05, 3.63) is 59.2 Å². The van der Waals surface area contributed by atoms with Crippen molar-refractivity contribution in [1.82, 2.24) is 5.32 Å². The molecule has 0 radical (unpaired) electrons. The maximum absolute atomic E-state index is 12.1. The van der Waals surface area contributed by atoms with Gasteiger partial charge in [-0.15, -0.1) is 0 Å². The number of carboxylic acids is 1. The standard InChI is InChI=1S/C19H19NO5/c1-12-3-2-4-15(9-12)25-11-17(21)20-18(19(22)23)14-5-6-16-13(10-14)7-8-24-16/h2-6,9-10,18H,7-8,11H2,1H3,(H,20,21)(H,22,23). The van der Waals surface area contributed by atoms with Crippen molar-refractivity contribution in [1.29, 1.82) is 0 Å². The number of amides is 1. The number of aliphatic carboxylic acids is 1. The van der Waals surface area contributed by atoms with Gasteiger partial charge in [0.25, 0.3) is 5.91 Å². The first-order valence-electron chi connectivity index (χ1n) is 8.00. The van der Waals surface area contributed by atoms with Gasteiger partial charge >= 0.3 is 5.97 Å². The number of hydrogen-bond acceptors (Lipinski definition) is 4. The Hall–Kier alpha value is -3.02. The molecule has 1 atom stereocenters. The van der Waals surface area contributed by atoms with Gasteiger partial charge in [0.15, 0.2) is 12.6 Å². The van der Waals surface area contributed by atoms with E-state index in [9.17, 15) is 14.7 Å². The van der Waals surface area contributed by atoms with Gasteiger partial charge in [0.1, 0.15) is 11.5 Å². The van der Waals surface area contributed by atoms with Crippen molar-refractivity contribution in [2.24, 2.45) is 0 Å². The van der Waals surface area contributed by atoms with Crippen molar-refractivity contribution < 1.29 is 24.2 Å². The first-order valence-corrected chi connectivity index (χ1v) is 8.00. The number of hydrogen-bond donors (Lipinski definition) is 2. The second-order valence-corrected chi connectivity index (χ2v) is 5.91. The van der Waals surface area contributed by atoms with E-state index in [1.165, 1.54) is 0 Å². The van der Waals surface area contributed by atoms with E-state index in [0.29, 0.717) is 17.9 Å². The molecule has 0 saturated carbocycles. The topological polar surface area (TPSA) is 84.9 Å². The minimum Gasteiger partial charge on any atom is -0.493 e. The lowest BCUT2D eigenvalue weighted by Gasteiger charge is -2.16. The van der Waals surface area contributed by atoms with Crippen LogP contribution >= 0.6 is 0 Å². The molecule has 1 amide bonds. The van der Waals surface area contributed by atoms with Crippen LogP contribution in [0.1, 0.15) is 22.7 Å². The van der Waals surface area contributed by atoms with Gasteiger partial charge in [-0.25, -0.2) is 4.79 Å². The Labute approximate surface area is 145 Å². The molecular weight excluding hydrogens is 322 g/mol. The van der Waals surface area contributed by atoms with Crippen LogP contribution in [0.15, 0.2) is 42.5 Å². The number of ether oxygens (including phenoxy) is 2. The fourth-order valence-corrected chi connectivity index (χ4v) is 2.73. The smallest absolute Gasteiger partial charge is 0.330 e. The van der Waals surface area contributed by atoms with Crippen LogP contribution in [0.25, 0.3) is 0 Å². The molecule has 0 aromatic heterocycles. The number of fused-ring (bicyclic) bond motifs is 1. The van der Waals surface area contributed by atoms with Gasteiger partial charge in [0.05, 0.1) is 6.61 Å². The van der Waals surface area contributed by atoms with Crippen LogP contribution in [0.2, 0.25) is 0 Å². The Morgan fingerprint density at radius 2 is 2.12 bits per heavy atom. The fourth-order valence-electron chi connectivity index (χ4n) is 2.73. The van der Waals surface area contributed by atoms with E-state index in [1.54, 1.807) is 24.3 Å². The van der Waals surface area contributed by atoms with E-state index in [1.807, 2.05) is 25.1 Å². The third kappa shape index (κ3) is 4.09. The predicted molar refractivity (Wildman–Crippen MR) is 90.8 cm³/mol. The highest BCUT2D eigenvalue weighted by molar-refractivity contribution is 5.85. The second kappa shape index (κ2) is 7.25. The van der Waals surface area contributed by atoms with Gasteiger partial charge in [0, 0.05) is 6.42 Å². The highest BCUT2D eigenvalue weighted by Gasteiger charge is 2.24. The molecule has 1 aliphatic heterocycles. The summed E-state index contributed by atoms with van der Waals surface area (Å²) in [6, 6.07) is 11.3. The van der Waals surface area contributed by atoms with Crippen LogP contribution in [0.3, 0.4) is 0 Å². The van der Waals surface area contributed by atoms with Crippen LogP contribution in [0, 0.1) is 6.92 Å². The van der Waals surface area contributed by atoms with E-state index < -0.39 is 17.9 Å². The van der Waals surface area contributed by atoms with Gasteiger partial charge in [-0.05, 0) is 47.9 Å².